The van der Waals surface area contributed by atoms with Crippen LogP contribution in [-0.4, -0.2) is 28.4 Å². The van der Waals surface area contributed by atoms with E-state index in [1.807, 2.05) is 24.3 Å². The van der Waals surface area contributed by atoms with Crippen molar-refractivity contribution < 1.29 is 14.6 Å². The van der Waals surface area contributed by atoms with E-state index in [0.717, 1.165) is 22.2 Å². The van der Waals surface area contributed by atoms with Gasteiger partial charge in [-0.1, -0.05) is 6.07 Å². The van der Waals surface area contributed by atoms with Crippen molar-refractivity contribution in [3.05, 3.63) is 30.0 Å². The molecule has 0 spiro atoms. The first-order chi connectivity index (χ1) is 8.20. The molecule has 1 aromatic carbocycles. The molecule has 0 saturated carbocycles. The van der Waals surface area contributed by atoms with Crippen molar-refractivity contribution in [1.29, 1.82) is 0 Å². The van der Waals surface area contributed by atoms with Crippen molar-refractivity contribution in [2.75, 3.05) is 7.11 Å². The summed E-state index contributed by atoms with van der Waals surface area (Å²) in [6.45, 7) is 0. The molecule has 0 radical (unpaired) electrons. The van der Waals surface area contributed by atoms with E-state index in [9.17, 15) is 4.79 Å². The molecular formula is C12H10N2O3. The Balaban J connectivity index is 2.31. The van der Waals surface area contributed by atoms with Crippen LogP contribution in [-0.2, 0) is 0 Å². The number of rotatable bonds is 2. The van der Waals surface area contributed by atoms with E-state index in [-0.39, 0.29) is 5.69 Å². The molecule has 0 saturated heterocycles. The largest absolute Gasteiger partial charge is 0.497 e. The van der Waals surface area contributed by atoms with E-state index in [1.54, 1.807) is 7.11 Å². The highest BCUT2D eigenvalue weighted by Gasteiger charge is 2.20. The van der Waals surface area contributed by atoms with Crippen molar-refractivity contribution in [2.45, 2.75) is 0 Å². The molecule has 0 bridgehead atoms. The summed E-state index contributed by atoms with van der Waals surface area (Å²) in [5, 5.41) is 16.5. The van der Waals surface area contributed by atoms with Gasteiger partial charge < -0.3 is 9.84 Å². The lowest BCUT2D eigenvalue weighted by Crippen LogP contribution is -1.96. The van der Waals surface area contributed by atoms with Crippen molar-refractivity contribution in [3.63, 3.8) is 0 Å². The molecule has 5 nitrogen and oxygen atoms in total. The smallest absolute Gasteiger partial charge is 0.354 e. The van der Waals surface area contributed by atoms with Gasteiger partial charge in [-0.3, -0.25) is 10.2 Å². The molecule has 1 aliphatic carbocycles. The zero-order valence-corrected chi connectivity index (χ0v) is 9.07. The van der Waals surface area contributed by atoms with E-state index in [4.69, 9.17) is 9.84 Å². The highest BCUT2D eigenvalue weighted by Crippen LogP contribution is 2.36. The van der Waals surface area contributed by atoms with Gasteiger partial charge in [0.1, 0.15) is 11.4 Å². The summed E-state index contributed by atoms with van der Waals surface area (Å²) in [6.07, 6.45) is 0. The molecule has 2 aliphatic rings. The lowest BCUT2D eigenvalue weighted by Gasteiger charge is -1.98. The number of hydrogen-bond acceptors (Lipinski definition) is 2. The molecule has 0 amide bonds. The van der Waals surface area contributed by atoms with Crippen molar-refractivity contribution >= 4 is 16.7 Å². The Morgan fingerprint density at radius 2 is 2.12 bits per heavy atom. The third-order valence-corrected chi connectivity index (χ3v) is 2.89. The number of H-pyrrole nitrogens is 2. The highest BCUT2D eigenvalue weighted by atomic mass is 16.5. The fourth-order valence-electron chi connectivity index (χ4n) is 2.07. The molecule has 5 heteroatoms. The first-order valence-electron chi connectivity index (χ1n) is 5.11. The number of carbonyl (C=O) groups is 1. The minimum atomic E-state index is -0.974. The average Bonchev–Trinajstić information content (AvgIpc) is 2.86. The first kappa shape index (κ1) is 9.77. The third kappa shape index (κ3) is 1.29. The van der Waals surface area contributed by atoms with Crippen molar-refractivity contribution in [1.82, 2.24) is 10.2 Å². The predicted molar refractivity (Wildman–Crippen MR) is 62.8 cm³/mol. The van der Waals surface area contributed by atoms with Crippen LogP contribution >= 0.6 is 0 Å². The van der Waals surface area contributed by atoms with Crippen molar-refractivity contribution in [2.24, 2.45) is 0 Å². The van der Waals surface area contributed by atoms with Crippen molar-refractivity contribution in [3.8, 4) is 17.0 Å². The van der Waals surface area contributed by atoms with Crippen LogP contribution < -0.4 is 4.74 Å². The summed E-state index contributed by atoms with van der Waals surface area (Å²) in [5.41, 5.74) is 1.65. The quantitative estimate of drug-likeness (QED) is 0.632. The molecule has 17 heavy (non-hydrogen) atoms. The number of nitrogens with one attached hydrogen (secondary N) is 2. The zero-order valence-electron chi connectivity index (χ0n) is 9.07. The molecule has 0 aromatic heterocycles. The summed E-state index contributed by atoms with van der Waals surface area (Å²) in [4.78, 5) is 11.0. The van der Waals surface area contributed by atoms with Gasteiger partial charge in [0.15, 0.2) is 0 Å². The normalized spacial score (nSPS) is 11.1. The number of fused-ring (bicyclic) bond motifs is 3. The maximum atomic E-state index is 11.0. The van der Waals surface area contributed by atoms with Crippen LogP contribution in [0.15, 0.2) is 24.3 Å². The number of carboxylic acids is 1. The van der Waals surface area contributed by atoms with E-state index in [1.165, 1.54) is 0 Å². The standard InChI is InChI=1S/C12H10N2O3/c1-17-7-3-2-6-4-9-10(8(6)5-7)13-14-11(9)12(15)16/h2-5,13-14H,1H3,(H,15,16). The maximum Gasteiger partial charge on any atom is 0.354 e. The Morgan fingerprint density at radius 3 is 2.82 bits per heavy atom. The second kappa shape index (κ2) is 3.28. The van der Waals surface area contributed by atoms with Gasteiger partial charge in [0, 0.05) is 10.9 Å². The van der Waals surface area contributed by atoms with E-state index >= 15 is 0 Å². The molecule has 1 aliphatic heterocycles. The van der Waals surface area contributed by atoms with Crippen LogP contribution in [0.4, 0.5) is 0 Å². The van der Waals surface area contributed by atoms with E-state index in [0.29, 0.717) is 5.56 Å². The van der Waals surface area contributed by atoms with Crippen LogP contribution in [0.2, 0.25) is 0 Å². The summed E-state index contributed by atoms with van der Waals surface area (Å²) in [5.74, 6) is -0.227. The van der Waals surface area contributed by atoms with Crippen LogP contribution in [0.25, 0.3) is 22.0 Å². The van der Waals surface area contributed by atoms with Gasteiger partial charge in [-0.25, -0.2) is 4.79 Å². The molecule has 0 atom stereocenters. The summed E-state index contributed by atoms with van der Waals surface area (Å²) in [7, 11) is 1.60. The monoisotopic (exact) mass is 230 g/mol. The number of ether oxygens (including phenoxy) is 1. The third-order valence-electron chi connectivity index (χ3n) is 2.89. The lowest BCUT2D eigenvalue weighted by molar-refractivity contribution is 0.0691. The van der Waals surface area contributed by atoms with Crippen LogP contribution in [0.1, 0.15) is 10.5 Å². The Hall–Kier alpha value is -2.43. The van der Waals surface area contributed by atoms with Gasteiger partial charge in [-0.15, -0.1) is 0 Å². The molecule has 0 fully saturated rings. The number of aromatic nitrogens is 2. The van der Waals surface area contributed by atoms with E-state index in [2.05, 4.69) is 10.2 Å². The Kier molecular flexibility index (Phi) is 1.89. The second-order valence-corrected chi connectivity index (χ2v) is 3.82. The van der Waals surface area contributed by atoms with Gasteiger partial charge in [-0.05, 0) is 23.6 Å². The number of hydrogen-bond donors (Lipinski definition) is 3. The number of aromatic carboxylic acids is 1. The summed E-state index contributed by atoms with van der Waals surface area (Å²) < 4.78 is 5.15. The van der Waals surface area contributed by atoms with Gasteiger partial charge in [0.25, 0.3) is 0 Å². The fraction of sp³-hybridized carbons (Fsp3) is 0.0833. The first-order valence-corrected chi connectivity index (χ1v) is 5.11. The zero-order chi connectivity index (χ0) is 12.0. The highest BCUT2D eigenvalue weighted by molar-refractivity contribution is 6.07. The number of aromatic amines is 2. The SMILES string of the molecule is COc1ccc2cc3c(C(=O)O)[nH][nH]c-3c2c1. The van der Waals surface area contributed by atoms with Gasteiger partial charge >= 0.3 is 5.97 Å². The van der Waals surface area contributed by atoms with Crippen LogP contribution in [0.5, 0.6) is 5.75 Å². The Labute approximate surface area is 96.3 Å². The lowest BCUT2D eigenvalue weighted by atomic mass is 10.2. The molecule has 1 heterocycles. The van der Waals surface area contributed by atoms with Crippen LogP contribution in [0, 0.1) is 0 Å². The van der Waals surface area contributed by atoms with Gasteiger partial charge in [0.05, 0.1) is 12.8 Å². The van der Waals surface area contributed by atoms with Gasteiger partial charge in [0.2, 0.25) is 0 Å². The van der Waals surface area contributed by atoms with Crippen LogP contribution in [0.3, 0.4) is 0 Å². The topological polar surface area (TPSA) is 78.1 Å². The molecule has 3 N–H and O–H groups in total. The number of carboxylic acid groups (broad SMARTS) is 1. The molecular weight excluding hydrogens is 220 g/mol. The fourth-order valence-corrected chi connectivity index (χ4v) is 2.07. The Bertz CT molecular complexity index is 680. The minimum absolute atomic E-state index is 0.176. The average molecular weight is 230 g/mol. The molecule has 86 valence electrons. The molecule has 3 rings (SSSR count). The van der Waals surface area contributed by atoms with Gasteiger partial charge in [-0.2, -0.15) is 0 Å². The molecule has 0 unspecified atom stereocenters. The summed E-state index contributed by atoms with van der Waals surface area (Å²) >= 11 is 0. The van der Waals surface area contributed by atoms with E-state index < -0.39 is 5.97 Å². The predicted octanol–water partition coefficient (Wildman–Crippen LogP) is 2.31. The summed E-state index contributed by atoms with van der Waals surface area (Å²) in [6, 6.07) is 7.49. The maximum absolute atomic E-state index is 11.0. The molecule has 1 aromatic rings. The second-order valence-electron chi connectivity index (χ2n) is 3.82. The number of methoxy groups -OCH3 is 1. The Morgan fingerprint density at radius 1 is 1.29 bits per heavy atom. The number of benzene rings is 1. The minimum Gasteiger partial charge on any atom is -0.497 e.